The van der Waals surface area contributed by atoms with Crippen LogP contribution in [0.2, 0.25) is 0 Å². The van der Waals surface area contributed by atoms with Crippen LogP contribution in [0.4, 0.5) is 10.5 Å². The Balaban J connectivity index is 1.78. The third-order valence-corrected chi connectivity index (χ3v) is 5.55. The molecule has 8 heteroatoms. The molecule has 156 valence electrons. The van der Waals surface area contributed by atoms with Crippen molar-refractivity contribution < 1.29 is 23.9 Å². The monoisotopic (exact) mass is 426 g/mol. The Morgan fingerprint density at radius 2 is 1.73 bits per heavy atom. The Hall–Kier alpha value is -3.26. The van der Waals surface area contributed by atoms with Crippen LogP contribution >= 0.6 is 11.8 Å². The summed E-state index contributed by atoms with van der Waals surface area (Å²) in [6.07, 6.45) is 1.57. The Bertz CT molecular complexity index is 1030. The summed E-state index contributed by atoms with van der Waals surface area (Å²) in [6.45, 7) is 3.41. The SMILES string of the molecule is COc1cccc(/C=C2/SC(=O)N(CC(=O)Nc3c(C)cccc3C)C2=O)c1OC. The number of methoxy groups -OCH3 is 2. The molecule has 0 aliphatic carbocycles. The maximum Gasteiger partial charge on any atom is 0.294 e. The topological polar surface area (TPSA) is 84.9 Å². The number of imide groups is 1. The lowest BCUT2D eigenvalue weighted by Gasteiger charge is -2.15. The van der Waals surface area contributed by atoms with Crippen LogP contribution in [0.25, 0.3) is 6.08 Å². The Morgan fingerprint density at radius 3 is 2.37 bits per heavy atom. The Labute approximate surface area is 179 Å². The summed E-state index contributed by atoms with van der Waals surface area (Å²) in [6, 6.07) is 10.9. The molecule has 0 unspecified atom stereocenters. The van der Waals surface area contributed by atoms with Gasteiger partial charge < -0.3 is 14.8 Å². The number of amides is 3. The minimum atomic E-state index is -0.522. The molecule has 1 aliphatic heterocycles. The number of carbonyl (C=O) groups excluding carboxylic acids is 3. The second-order valence-corrected chi connectivity index (χ2v) is 7.66. The van der Waals surface area contributed by atoms with Crippen LogP contribution in [0.5, 0.6) is 11.5 Å². The molecule has 0 radical (unpaired) electrons. The van der Waals surface area contributed by atoms with Gasteiger partial charge in [-0.25, -0.2) is 0 Å². The largest absolute Gasteiger partial charge is 0.493 e. The molecule has 0 bridgehead atoms. The summed E-state index contributed by atoms with van der Waals surface area (Å²) in [7, 11) is 3.02. The van der Waals surface area contributed by atoms with Crippen molar-refractivity contribution in [2.24, 2.45) is 0 Å². The fourth-order valence-corrected chi connectivity index (χ4v) is 3.97. The number of carbonyl (C=O) groups is 3. The van der Waals surface area contributed by atoms with E-state index in [4.69, 9.17) is 9.47 Å². The van der Waals surface area contributed by atoms with Crippen LogP contribution in [0.1, 0.15) is 16.7 Å². The summed E-state index contributed by atoms with van der Waals surface area (Å²) >= 11 is 0.786. The van der Waals surface area contributed by atoms with Gasteiger partial charge >= 0.3 is 0 Å². The van der Waals surface area contributed by atoms with Crippen molar-refractivity contribution in [1.29, 1.82) is 0 Å². The molecule has 1 heterocycles. The Morgan fingerprint density at radius 1 is 1.07 bits per heavy atom. The highest BCUT2D eigenvalue weighted by Gasteiger charge is 2.36. The molecule has 3 rings (SSSR count). The van der Waals surface area contributed by atoms with Gasteiger partial charge in [0.1, 0.15) is 6.54 Å². The van der Waals surface area contributed by atoms with E-state index in [1.54, 1.807) is 24.3 Å². The lowest BCUT2D eigenvalue weighted by atomic mass is 10.1. The number of aryl methyl sites for hydroxylation is 2. The molecule has 0 atom stereocenters. The smallest absolute Gasteiger partial charge is 0.294 e. The van der Waals surface area contributed by atoms with Crippen LogP contribution in [0.15, 0.2) is 41.3 Å². The van der Waals surface area contributed by atoms with Gasteiger partial charge in [0.15, 0.2) is 11.5 Å². The van der Waals surface area contributed by atoms with Gasteiger partial charge in [0, 0.05) is 11.3 Å². The molecule has 7 nitrogen and oxygen atoms in total. The van der Waals surface area contributed by atoms with E-state index >= 15 is 0 Å². The summed E-state index contributed by atoms with van der Waals surface area (Å²) in [5.74, 6) is 0.0134. The third kappa shape index (κ3) is 4.33. The van der Waals surface area contributed by atoms with Crippen molar-refractivity contribution >= 4 is 40.6 Å². The number of nitrogens with one attached hydrogen (secondary N) is 1. The summed E-state index contributed by atoms with van der Waals surface area (Å²) in [5, 5.41) is 2.30. The minimum Gasteiger partial charge on any atom is -0.493 e. The van der Waals surface area contributed by atoms with Crippen molar-refractivity contribution in [3.05, 3.63) is 58.0 Å². The van der Waals surface area contributed by atoms with Crippen LogP contribution in [0.3, 0.4) is 0 Å². The first-order valence-electron chi connectivity index (χ1n) is 9.18. The second kappa shape index (κ2) is 9.04. The molecule has 0 spiro atoms. The lowest BCUT2D eigenvalue weighted by molar-refractivity contribution is -0.127. The van der Waals surface area contributed by atoms with Gasteiger partial charge in [-0.2, -0.15) is 0 Å². The Kier molecular flexibility index (Phi) is 6.47. The van der Waals surface area contributed by atoms with Crippen molar-refractivity contribution in [2.45, 2.75) is 13.8 Å². The number of nitrogens with zero attached hydrogens (tertiary/aromatic N) is 1. The molecule has 1 saturated heterocycles. The molecular weight excluding hydrogens is 404 g/mol. The molecule has 0 saturated carbocycles. The number of hydrogen-bond donors (Lipinski definition) is 1. The average molecular weight is 426 g/mol. The summed E-state index contributed by atoms with van der Waals surface area (Å²) in [5.41, 5.74) is 3.10. The van der Waals surface area contributed by atoms with Crippen LogP contribution in [-0.2, 0) is 9.59 Å². The predicted molar refractivity (Wildman–Crippen MR) is 117 cm³/mol. The molecule has 1 fully saturated rings. The van der Waals surface area contributed by atoms with E-state index in [9.17, 15) is 14.4 Å². The number of para-hydroxylation sites is 2. The molecule has 3 amide bonds. The van der Waals surface area contributed by atoms with E-state index in [0.29, 0.717) is 22.7 Å². The highest BCUT2D eigenvalue weighted by molar-refractivity contribution is 8.18. The van der Waals surface area contributed by atoms with E-state index < -0.39 is 17.1 Å². The molecule has 1 aliphatic rings. The van der Waals surface area contributed by atoms with E-state index in [1.165, 1.54) is 14.2 Å². The van der Waals surface area contributed by atoms with E-state index in [-0.39, 0.29) is 11.4 Å². The predicted octanol–water partition coefficient (Wildman–Crippen LogP) is 4.00. The van der Waals surface area contributed by atoms with Gasteiger partial charge in [0.2, 0.25) is 5.91 Å². The standard InChI is InChI=1S/C22H22N2O5S/c1-13-7-5-8-14(2)19(13)23-18(25)12-24-21(26)17(30-22(24)27)11-15-9-6-10-16(28-3)20(15)29-4/h5-11H,12H2,1-4H3,(H,23,25)/b17-11+. The van der Waals surface area contributed by atoms with E-state index in [1.807, 2.05) is 32.0 Å². The van der Waals surface area contributed by atoms with Crippen molar-refractivity contribution in [1.82, 2.24) is 4.90 Å². The first kappa shape index (κ1) is 21.4. The van der Waals surface area contributed by atoms with E-state index in [2.05, 4.69) is 5.32 Å². The highest BCUT2D eigenvalue weighted by atomic mass is 32.2. The van der Waals surface area contributed by atoms with Gasteiger partial charge in [0.25, 0.3) is 11.1 Å². The van der Waals surface area contributed by atoms with Crippen LogP contribution < -0.4 is 14.8 Å². The highest BCUT2D eigenvalue weighted by Crippen LogP contribution is 2.37. The zero-order valence-electron chi connectivity index (χ0n) is 17.1. The molecule has 2 aromatic carbocycles. The lowest BCUT2D eigenvalue weighted by Crippen LogP contribution is -2.36. The van der Waals surface area contributed by atoms with Gasteiger partial charge in [-0.15, -0.1) is 0 Å². The number of ether oxygens (including phenoxy) is 2. The third-order valence-electron chi connectivity index (χ3n) is 4.64. The number of benzene rings is 2. The average Bonchev–Trinajstić information content (AvgIpc) is 2.98. The molecule has 30 heavy (non-hydrogen) atoms. The normalized spacial score (nSPS) is 14.9. The zero-order chi connectivity index (χ0) is 21.8. The van der Waals surface area contributed by atoms with Crippen LogP contribution in [0, 0.1) is 13.8 Å². The van der Waals surface area contributed by atoms with Gasteiger partial charge in [0.05, 0.1) is 19.1 Å². The summed E-state index contributed by atoms with van der Waals surface area (Å²) < 4.78 is 10.6. The van der Waals surface area contributed by atoms with Gasteiger partial charge in [-0.1, -0.05) is 30.3 Å². The number of rotatable bonds is 6. The van der Waals surface area contributed by atoms with Crippen LogP contribution in [-0.4, -0.2) is 42.7 Å². The minimum absolute atomic E-state index is 0.214. The second-order valence-electron chi connectivity index (χ2n) is 6.67. The maximum atomic E-state index is 12.8. The van der Waals surface area contributed by atoms with Gasteiger partial charge in [-0.05, 0) is 48.9 Å². The zero-order valence-corrected chi connectivity index (χ0v) is 18.0. The molecule has 2 aromatic rings. The molecule has 0 aromatic heterocycles. The molecular formula is C22H22N2O5S. The fourth-order valence-electron chi connectivity index (χ4n) is 3.14. The number of thioether (sulfide) groups is 1. The fraction of sp³-hybridized carbons (Fsp3) is 0.227. The van der Waals surface area contributed by atoms with Gasteiger partial charge in [-0.3, -0.25) is 19.3 Å². The van der Waals surface area contributed by atoms with Crippen molar-refractivity contribution in [3.8, 4) is 11.5 Å². The van der Waals surface area contributed by atoms with Crippen molar-refractivity contribution in [2.75, 3.05) is 26.1 Å². The molecule has 1 N–H and O–H groups in total. The van der Waals surface area contributed by atoms with E-state index in [0.717, 1.165) is 27.8 Å². The number of anilines is 1. The summed E-state index contributed by atoms with van der Waals surface area (Å²) in [4.78, 5) is 38.8. The number of hydrogen-bond acceptors (Lipinski definition) is 6. The first-order chi connectivity index (χ1) is 14.3. The first-order valence-corrected chi connectivity index (χ1v) is 9.99. The maximum absolute atomic E-state index is 12.8. The quantitative estimate of drug-likeness (QED) is 0.703. The van der Waals surface area contributed by atoms with Crippen molar-refractivity contribution in [3.63, 3.8) is 0 Å².